The Hall–Kier alpha value is -1.87. The van der Waals surface area contributed by atoms with Crippen LogP contribution >= 0.6 is 0 Å². The lowest BCUT2D eigenvalue weighted by Gasteiger charge is -2.14. The quantitative estimate of drug-likeness (QED) is 0.851. The summed E-state index contributed by atoms with van der Waals surface area (Å²) in [6.07, 6.45) is 1.77. The Kier molecular flexibility index (Phi) is 2.53. The Morgan fingerprint density at radius 2 is 1.82 bits per heavy atom. The van der Waals surface area contributed by atoms with Crippen LogP contribution < -0.4 is 5.73 Å². The first-order chi connectivity index (χ1) is 8.31. The van der Waals surface area contributed by atoms with Crippen LogP contribution in [0.1, 0.15) is 16.7 Å². The fourth-order valence-electron chi connectivity index (χ4n) is 2.37. The fourth-order valence-corrected chi connectivity index (χ4v) is 2.37. The summed E-state index contributed by atoms with van der Waals surface area (Å²) < 4.78 is 0. The molecule has 1 aliphatic heterocycles. The zero-order valence-electron chi connectivity index (χ0n) is 9.63. The Bertz CT molecular complexity index is 511. The molecule has 86 valence electrons. The van der Waals surface area contributed by atoms with Crippen molar-refractivity contribution in [3.63, 3.8) is 0 Å². The van der Waals surface area contributed by atoms with Gasteiger partial charge in [0.15, 0.2) is 0 Å². The minimum absolute atomic E-state index is 0.596. The van der Waals surface area contributed by atoms with Crippen LogP contribution in [0.25, 0.3) is 0 Å². The number of aromatic nitrogens is 1. The monoisotopic (exact) mass is 225 g/mol. The second kappa shape index (κ2) is 4.18. The average Bonchev–Trinajstić information content (AvgIpc) is 2.71. The van der Waals surface area contributed by atoms with E-state index >= 15 is 0 Å². The minimum atomic E-state index is 0.596. The van der Waals surface area contributed by atoms with Crippen LogP contribution in [-0.4, -0.2) is 9.88 Å². The van der Waals surface area contributed by atoms with Gasteiger partial charge in [-0.3, -0.25) is 4.90 Å². The predicted molar refractivity (Wildman–Crippen MR) is 68.0 cm³/mol. The van der Waals surface area contributed by atoms with Gasteiger partial charge in [0.2, 0.25) is 0 Å². The molecule has 1 aromatic carbocycles. The van der Waals surface area contributed by atoms with E-state index in [2.05, 4.69) is 34.1 Å². The third-order valence-electron chi connectivity index (χ3n) is 3.16. The van der Waals surface area contributed by atoms with E-state index in [1.165, 1.54) is 16.7 Å². The van der Waals surface area contributed by atoms with E-state index in [0.29, 0.717) is 5.82 Å². The van der Waals surface area contributed by atoms with Crippen molar-refractivity contribution in [2.75, 3.05) is 5.73 Å². The van der Waals surface area contributed by atoms with Gasteiger partial charge in [0.25, 0.3) is 0 Å². The topological polar surface area (TPSA) is 42.1 Å². The zero-order chi connectivity index (χ0) is 11.7. The van der Waals surface area contributed by atoms with Crippen molar-refractivity contribution < 1.29 is 0 Å². The molecule has 0 unspecified atom stereocenters. The molecular formula is C14H15N3. The molecule has 2 N–H and O–H groups in total. The molecule has 0 fully saturated rings. The highest BCUT2D eigenvalue weighted by Gasteiger charge is 2.17. The first-order valence-corrected chi connectivity index (χ1v) is 5.81. The summed E-state index contributed by atoms with van der Waals surface area (Å²) in [5.74, 6) is 0.596. The molecule has 0 saturated heterocycles. The predicted octanol–water partition coefficient (Wildman–Crippen LogP) is 2.18. The van der Waals surface area contributed by atoms with Crippen molar-refractivity contribution in [1.82, 2.24) is 9.88 Å². The van der Waals surface area contributed by atoms with E-state index in [1.807, 2.05) is 12.1 Å². The Labute approximate surface area is 101 Å². The van der Waals surface area contributed by atoms with Gasteiger partial charge in [-0.2, -0.15) is 0 Å². The number of anilines is 1. The van der Waals surface area contributed by atoms with Crippen molar-refractivity contribution >= 4 is 5.82 Å². The molecule has 0 amide bonds. The van der Waals surface area contributed by atoms with Gasteiger partial charge in [0.1, 0.15) is 5.82 Å². The second-order valence-corrected chi connectivity index (χ2v) is 4.50. The van der Waals surface area contributed by atoms with E-state index in [4.69, 9.17) is 5.73 Å². The van der Waals surface area contributed by atoms with E-state index in [-0.39, 0.29) is 0 Å². The van der Waals surface area contributed by atoms with Crippen LogP contribution in [0, 0.1) is 0 Å². The van der Waals surface area contributed by atoms with Crippen LogP contribution in [0.15, 0.2) is 42.6 Å². The fraction of sp³-hybridized carbons (Fsp3) is 0.214. The van der Waals surface area contributed by atoms with E-state index in [1.54, 1.807) is 6.20 Å². The second-order valence-electron chi connectivity index (χ2n) is 4.50. The van der Waals surface area contributed by atoms with Crippen LogP contribution in [0.4, 0.5) is 5.82 Å². The summed E-state index contributed by atoms with van der Waals surface area (Å²) in [6, 6.07) is 12.6. The van der Waals surface area contributed by atoms with Crippen LogP contribution in [0.5, 0.6) is 0 Å². The molecule has 3 rings (SSSR count). The molecule has 3 nitrogen and oxygen atoms in total. The average molecular weight is 225 g/mol. The van der Waals surface area contributed by atoms with Gasteiger partial charge in [-0.1, -0.05) is 24.3 Å². The van der Waals surface area contributed by atoms with Gasteiger partial charge >= 0.3 is 0 Å². The van der Waals surface area contributed by atoms with Crippen molar-refractivity contribution in [1.29, 1.82) is 0 Å². The highest BCUT2D eigenvalue weighted by molar-refractivity contribution is 5.33. The number of rotatable bonds is 2. The van der Waals surface area contributed by atoms with Crippen molar-refractivity contribution in [3.05, 3.63) is 59.3 Å². The number of hydrogen-bond acceptors (Lipinski definition) is 3. The maximum Gasteiger partial charge on any atom is 0.123 e. The highest BCUT2D eigenvalue weighted by Crippen LogP contribution is 2.23. The molecule has 17 heavy (non-hydrogen) atoms. The van der Waals surface area contributed by atoms with Gasteiger partial charge in [-0.05, 0) is 28.8 Å². The SMILES string of the molecule is Nc1cc(CN2Cc3ccccc3C2)ccn1. The minimum Gasteiger partial charge on any atom is -0.384 e. The molecular weight excluding hydrogens is 210 g/mol. The van der Waals surface area contributed by atoms with E-state index in [0.717, 1.165) is 19.6 Å². The van der Waals surface area contributed by atoms with Crippen molar-refractivity contribution in [2.45, 2.75) is 19.6 Å². The lowest BCUT2D eigenvalue weighted by atomic mass is 10.1. The molecule has 1 aliphatic rings. The summed E-state index contributed by atoms with van der Waals surface area (Å²) in [5.41, 5.74) is 9.79. The normalized spacial score (nSPS) is 14.8. The molecule has 3 heteroatoms. The highest BCUT2D eigenvalue weighted by atomic mass is 15.1. The van der Waals surface area contributed by atoms with Gasteiger partial charge < -0.3 is 5.73 Å². The number of nitrogen functional groups attached to an aromatic ring is 1. The standard InChI is InChI=1S/C14H15N3/c15-14-7-11(5-6-16-14)8-17-9-12-3-1-2-4-13(12)10-17/h1-7H,8-10H2,(H2,15,16). The maximum absolute atomic E-state index is 5.69. The number of pyridine rings is 1. The summed E-state index contributed by atoms with van der Waals surface area (Å²) in [5, 5.41) is 0. The zero-order valence-corrected chi connectivity index (χ0v) is 9.63. The Morgan fingerprint density at radius 1 is 1.12 bits per heavy atom. The van der Waals surface area contributed by atoms with Gasteiger partial charge in [0, 0.05) is 25.8 Å². The number of nitrogens with two attached hydrogens (primary N) is 1. The number of nitrogens with zero attached hydrogens (tertiary/aromatic N) is 2. The van der Waals surface area contributed by atoms with Crippen molar-refractivity contribution in [2.24, 2.45) is 0 Å². The molecule has 2 aromatic rings. The smallest absolute Gasteiger partial charge is 0.123 e. The largest absolute Gasteiger partial charge is 0.384 e. The summed E-state index contributed by atoms with van der Waals surface area (Å²) in [6.45, 7) is 2.98. The molecule has 2 heterocycles. The van der Waals surface area contributed by atoms with Crippen molar-refractivity contribution in [3.8, 4) is 0 Å². The summed E-state index contributed by atoms with van der Waals surface area (Å²) in [4.78, 5) is 6.43. The number of fused-ring (bicyclic) bond motifs is 1. The van der Waals surface area contributed by atoms with Crippen LogP contribution in [0.3, 0.4) is 0 Å². The molecule has 0 radical (unpaired) electrons. The summed E-state index contributed by atoms with van der Waals surface area (Å²) >= 11 is 0. The van der Waals surface area contributed by atoms with Gasteiger partial charge in [-0.15, -0.1) is 0 Å². The Morgan fingerprint density at radius 3 is 2.47 bits per heavy atom. The van der Waals surface area contributed by atoms with Crippen LogP contribution in [-0.2, 0) is 19.6 Å². The first kappa shape index (κ1) is 10.3. The van der Waals surface area contributed by atoms with E-state index < -0.39 is 0 Å². The molecule has 0 bridgehead atoms. The lowest BCUT2D eigenvalue weighted by molar-refractivity contribution is 0.275. The van der Waals surface area contributed by atoms with Gasteiger partial charge in [0.05, 0.1) is 0 Å². The third-order valence-corrected chi connectivity index (χ3v) is 3.16. The lowest BCUT2D eigenvalue weighted by Crippen LogP contribution is -2.15. The van der Waals surface area contributed by atoms with Crippen LogP contribution in [0.2, 0.25) is 0 Å². The molecule has 0 aliphatic carbocycles. The van der Waals surface area contributed by atoms with E-state index in [9.17, 15) is 0 Å². The van der Waals surface area contributed by atoms with Gasteiger partial charge in [-0.25, -0.2) is 4.98 Å². The molecule has 1 aromatic heterocycles. The Balaban J connectivity index is 1.74. The number of benzene rings is 1. The summed E-state index contributed by atoms with van der Waals surface area (Å²) in [7, 11) is 0. The maximum atomic E-state index is 5.69. The first-order valence-electron chi connectivity index (χ1n) is 5.81. The molecule has 0 atom stereocenters. The molecule has 0 saturated carbocycles. The number of hydrogen-bond donors (Lipinski definition) is 1. The third kappa shape index (κ3) is 2.15. The molecule has 0 spiro atoms.